The molecule has 0 radical (unpaired) electrons. The number of hydrogen-bond acceptors (Lipinski definition) is 6. The SMILES string of the molecule is COC(=O)C1(C(=O)OC)C[C@@]23CCc4cc([Si](C)(C)C)c([Si](C)(C)C)cc4[C@H]2CC2(OCCO2)[C@@H]1C3. The van der Waals surface area contributed by atoms with Crippen LogP contribution in [0.4, 0.5) is 0 Å². The molecule has 1 heterocycles. The summed E-state index contributed by atoms with van der Waals surface area (Å²) < 4.78 is 23.3. The third-order valence-corrected chi connectivity index (χ3v) is 13.9. The Hall–Kier alpha value is -1.49. The molecule has 198 valence electrons. The van der Waals surface area contributed by atoms with Gasteiger partial charge >= 0.3 is 11.9 Å². The molecule has 0 amide bonds. The van der Waals surface area contributed by atoms with E-state index >= 15 is 0 Å². The quantitative estimate of drug-likeness (QED) is 0.336. The number of fused-ring (bicyclic) bond motifs is 4. The fourth-order valence-corrected chi connectivity index (χ4v) is 13.3. The smallest absolute Gasteiger partial charge is 0.323 e. The lowest BCUT2D eigenvalue weighted by Gasteiger charge is -2.51. The Morgan fingerprint density at radius 2 is 1.44 bits per heavy atom. The minimum atomic E-state index is -1.62. The highest BCUT2D eigenvalue weighted by Crippen LogP contribution is 2.72. The number of carbonyl (C=O) groups excluding carboxylic acids is 2. The fourth-order valence-electron chi connectivity index (χ4n) is 8.07. The number of carbonyl (C=O) groups is 2. The molecule has 0 N–H and O–H groups in total. The fraction of sp³-hybridized carbons (Fsp3) is 0.714. The molecule has 1 aliphatic heterocycles. The van der Waals surface area contributed by atoms with Crippen LogP contribution in [0, 0.1) is 16.7 Å². The molecular formula is C28H42O6Si2. The van der Waals surface area contributed by atoms with Crippen molar-refractivity contribution >= 4 is 38.5 Å². The van der Waals surface area contributed by atoms with Crippen LogP contribution in [0.15, 0.2) is 12.1 Å². The average molecular weight is 531 g/mol. The lowest BCUT2D eigenvalue weighted by molar-refractivity contribution is -0.240. The Morgan fingerprint density at radius 3 is 1.97 bits per heavy atom. The van der Waals surface area contributed by atoms with Gasteiger partial charge in [-0.05, 0) is 48.1 Å². The Kier molecular flexibility index (Phi) is 5.99. The van der Waals surface area contributed by atoms with E-state index in [1.54, 1.807) is 10.4 Å². The molecule has 2 saturated carbocycles. The first-order chi connectivity index (χ1) is 16.7. The van der Waals surface area contributed by atoms with Crippen molar-refractivity contribution in [2.24, 2.45) is 16.7 Å². The van der Waals surface area contributed by atoms with Crippen LogP contribution in [0.1, 0.15) is 42.7 Å². The Labute approximate surface area is 217 Å². The van der Waals surface area contributed by atoms with E-state index in [0.717, 1.165) is 12.8 Å². The second kappa shape index (κ2) is 8.25. The van der Waals surface area contributed by atoms with Gasteiger partial charge in [-0.3, -0.25) is 9.59 Å². The van der Waals surface area contributed by atoms with Gasteiger partial charge in [0.15, 0.2) is 11.2 Å². The van der Waals surface area contributed by atoms with E-state index in [1.165, 1.54) is 25.3 Å². The molecule has 5 rings (SSSR count). The zero-order valence-electron chi connectivity index (χ0n) is 23.2. The molecule has 1 aromatic carbocycles. The highest BCUT2D eigenvalue weighted by atomic mass is 28.3. The first kappa shape index (κ1) is 26.1. The molecule has 3 atom stereocenters. The first-order valence-corrected chi connectivity index (χ1v) is 20.4. The summed E-state index contributed by atoms with van der Waals surface area (Å²) in [4.78, 5) is 26.9. The summed E-state index contributed by atoms with van der Waals surface area (Å²) in [5, 5.41) is 3.16. The molecule has 0 aromatic heterocycles. The molecule has 2 bridgehead atoms. The van der Waals surface area contributed by atoms with E-state index in [9.17, 15) is 9.59 Å². The van der Waals surface area contributed by atoms with Gasteiger partial charge in [0, 0.05) is 12.3 Å². The van der Waals surface area contributed by atoms with E-state index in [0.29, 0.717) is 32.5 Å². The summed E-state index contributed by atoms with van der Waals surface area (Å²) in [6.07, 6.45) is 3.72. The molecule has 0 unspecified atom stereocenters. The van der Waals surface area contributed by atoms with E-state index in [2.05, 4.69) is 51.4 Å². The average Bonchev–Trinajstić information content (AvgIpc) is 3.40. The number of esters is 2. The zero-order valence-corrected chi connectivity index (χ0v) is 25.2. The van der Waals surface area contributed by atoms with Crippen molar-refractivity contribution in [2.45, 2.75) is 83.1 Å². The van der Waals surface area contributed by atoms with Crippen LogP contribution in [0.2, 0.25) is 39.3 Å². The van der Waals surface area contributed by atoms with Crippen LogP contribution in [-0.4, -0.2) is 61.3 Å². The molecule has 6 nitrogen and oxygen atoms in total. The van der Waals surface area contributed by atoms with Gasteiger partial charge in [0.2, 0.25) is 0 Å². The lowest BCUT2D eigenvalue weighted by Crippen LogP contribution is -2.57. The Morgan fingerprint density at radius 1 is 0.889 bits per heavy atom. The number of methoxy groups -OCH3 is 2. The number of rotatable bonds is 4. The lowest BCUT2D eigenvalue weighted by atomic mass is 9.57. The maximum Gasteiger partial charge on any atom is 0.323 e. The van der Waals surface area contributed by atoms with Gasteiger partial charge in [0.1, 0.15) is 0 Å². The van der Waals surface area contributed by atoms with Crippen LogP contribution in [0.25, 0.3) is 0 Å². The zero-order chi connectivity index (χ0) is 26.3. The van der Waals surface area contributed by atoms with Crippen molar-refractivity contribution < 1.29 is 28.5 Å². The molecule has 4 aliphatic rings. The third kappa shape index (κ3) is 3.54. The molecule has 1 aromatic rings. The number of ether oxygens (including phenoxy) is 4. The predicted molar refractivity (Wildman–Crippen MR) is 144 cm³/mol. The van der Waals surface area contributed by atoms with Gasteiger partial charge in [-0.25, -0.2) is 0 Å². The van der Waals surface area contributed by atoms with Crippen molar-refractivity contribution in [1.82, 2.24) is 0 Å². The monoisotopic (exact) mass is 530 g/mol. The molecule has 3 fully saturated rings. The largest absolute Gasteiger partial charge is 0.468 e. The van der Waals surface area contributed by atoms with Gasteiger partial charge in [0.25, 0.3) is 0 Å². The van der Waals surface area contributed by atoms with Gasteiger partial charge < -0.3 is 18.9 Å². The third-order valence-electron chi connectivity index (χ3n) is 9.63. The van der Waals surface area contributed by atoms with Crippen LogP contribution in [0.5, 0.6) is 0 Å². The van der Waals surface area contributed by atoms with E-state index < -0.39 is 45.2 Å². The minimum absolute atomic E-state index is 0.164. The molecule has 3 aliphatic carbocycles. The van der Waals surface area contributed by atoms with Crippen LogP contribution >= 0.6 is 0 Å². The van der Waals surface area contributed by atoms with Crippen molar-refractivity contribution in [3.8, 4) is 0 Å². The summed E-state index contributed by atoms with van der Waals surface area (Å²) in [5.41, 5.74) is 1.24. The second-order valence-corrected chi connectivity index (χ2v) is 23.7. The normalized spacial score (nSPS) is 30.0. The van der Waals surface area contributed by atoms with Gasteiger partial charge in [-0.2, -0.15) is 0 Å². The summed E-state index contributed by atoms with van der Waals surface area (Å²) in [6, 6.07) is 5.06. The van der Waals surface area contributed by atoms with Crippen molar-refractivity contribution in [1.29, 1.82) is 0 Å². The number of aryl methyl sites for hydroxylation is 1. The van der Waals surface area contributed by atoms with Gasteiger partial charge in [-0.1, -0.05) is 61.8 Å². The van der Waals surface area contributed by atoms with Crippen molar-refractivity contribution in [3.05, 3.63) is 23.3 Å². The highest BCUT2D eigenvalue weighted by molar-refractivity contribution is 6.98. The molecule has 1 saturated heterocycles. The van der Waals surface area contributed by atoms with Crippen LogP contribution in [0.3, 0.4) is 0 Å². The summed E-state index contributed by atoms with van der Waals surface area (Å²) in [7, 11) is -0.434. The second-order valence-electron chi connectivity index (χ2n) is 13.6. The summed E-state index contributed by atoms with van der Waals surface area (Å²) in [5.74, 6) is -2.25. The summed E-state index contributed by atoms with van der Waals surface area (Å²) in [6.45, 7) is 15.6. The Balaban J connectivity index is 1.72. The van der Waals surface area contributed by atoms with Crippen LogP contribution < -0.4 is 10.4 Å². The standard InChI is InChI=1S/C28H42O6Si2/c1-31-24(29)27(25(30)32-2)17-26-10-9-18-13-21(35(3,4)5)22(36(6,7)8)14-19(18)20(26)15-28(23(27)16-26)33-11-12-34-28/h13-14,20,23H,9-12,15-17H2,1-8H3/t20-,23-,26+/m1/s1. The predicted octanol–water partition coefficient (Wildman–Crippen LogP) is 3.68. The van der Waals surface area contributed by atoms with E-state index in [1.807, 2.05) is 0 Å². The minimum Gasteiger partial charge on any atom is -0.468 e. The molecule has 2 spiro atoms. The van der Waals surface area contributed by atoms with Gasteiger partial charge in [-0.15, -0.1) is 0 Å². The maximum atomic E-state index is 13.5. The summed E-state index contributed by atoms with van der Waals surface area (Å²) >= 11 is 0. The van der Waals surface area contributed by atoms with E-state index in [4.69, 9.17) is 18.9 Å². The number of hydrogen-bond donors (Lipinski definition) is 0. The maximum absolute atomic E-state index is 13.5. The van der Waals surface area contributed by atoms with E-state index in [-0.39, 0.29) is 11.3 Å². The molecule has 36 heavy (non-hydrogen) atoms. The number of benzene rings is 1. The van der Waals surface area contributed by atoms with Crippen molar-refractivity contribution in [3.63, 3.8) is 0 Å². The molecule has 8 heteroatoms. The molecular weight excluding hydrogens is 488 g/mol. The first-order valence-electron chi connectivity index (χ1n) is 13.4. The van der Waals surface area contributed by atoms with Crippen LogP contribution in [-0.2, 0) is 35.0 Å². The van der Waals surface area contributed by atoms with Crippen molar-refractivity contribution in [2.75, 3.05) is 27.4 Å². The van der Waals surface area contributed by atoms with Gasteiger partial charge in [0.05, 0.1) is 43.6 Å². The topological polar surface area (TPSA) is 71.1 Å². The Bertz CT molecular complexity index is 1080. The highest BCUT2D eigenvalue weighted by Gasteiger charge is 2.76.